The van der Waals surface area contributed by atoms with Gasteiger partial charge in [-0.25, -0.2) is 14.2 Å². The van der Waals surface area contributed by atoms with Crippen LogP contribution in [0.25, 0.3) is 11.1 Å². The molecule has 1 aromatic heterocycles. The summed E-state index contributed by atoms with van der Waals surface area (Å²) in [4.78, 5) is 17.4. The number of carbonyl (C=O) groups is 1. The SMILES string of the molecule is C[C@@H]1CN(Cc2ccc(-c3cccnc3C(=O)O)cc2F)C[C@H](C)N1. The molecule has 6 heteroatoms. The number of halogens is 1. The van der Waals surface area contributed by atoms with Gasteiger partial charge in [0.2, 0.25) is 0 Å². The highest BCUT2D eigenvalue weighted by Gasteiger charge is 2.22. The molecule has 2 aromatic rings. The molecule has 1 fully saturated rings. The Hall–Kier alpha value is -2.31. The second kappa shape index (κ2) is 7.29. The predicted octanol–water partition coefficient (Wildman–Crippen LogP) is 2.77. The zero-order valence-electron chi connectivity index (χ0n) is 14.4. The van der Waals surface area contributed by atoms with Crippen LogP contribution in [0.4, 0.5) is 4.39 Å². The minimum Gasteiger partial charge on any atom is -0.476 e. The fourth-order valence-electron chi connectivity index (χ4n) is 3.46. The molecule has 1 aromatic carbocycles. The molecule has 0 aliphatic carbocycles. The largest absolute Gasteiger partial charge is 0.476 e. The number of aromatic nitrogens is 1. The minimum absolute atomic E-state index is 0.0700. The lowest BCUT2D eigenvalue weighted by molar-refractivity contribution is 0.0691. The van der Waals surface area contributed by atoms with E-state index in [0.29, 0.717) is 35.3 Å². The first-order valence-corrected chi connectivity index (χ1v) is 8.39. The van der Waals surface area contributed by atoms with Gasteiger partial charge in [0.15, 0.2) is 5.69 Å². The van der Waals surface area contributed by atoms with Gasteiger partial charge in [0.05, 0.1) is 0 Å². The Balaban J connectivity index is 1.83. The van der Waals surface area contributed by atoms with Gasteiger partial charge in [0, 0.05) is 49.0 Å². The van der Waals surface area contributed by atoms with Crippen LogP contribution in [0.2, 0.25) is 0 Å². The molecule has 0 amide bonds. The molecule has 132 valence electrons. The maximum atomic E-state index is 14.6. The molecule has 1 aliphatic heterocycles. The van der Waals surface area contributed by atoms with Gasteiger partial charge in [-0.2, -0.15) is 0 Å². The number of nitrogens with one attached hydrogen (secondary N) is 1. The molecule has 0 spiro atoms. The van der Waals surface area contributed by atoms with Crippen LogP contribution in [0.3, 0.4) is 0 Å². The van der Waals surface area contributed by atoms with Gasteiger partial charge in [-0.15, -0.1) is 0 Å². The first-order valence-electron chi connectivity index (χ1n) is 8.39. The zero-order valence-corrected chi connectivity index (χ0v) is 14.4. The summed E-state index contributed by atoms with van der Waals surface area (Å²) in [6.45, 7) is 6.53. The molecular weight excluding hydrogens is 321 g/mol. The van der Waals surface area contributed by atoms with Crippen molar-refractivity contribution in [3.63, 3.8) is 0 Å². The number of carboxylic acid groups (broad SMARTS) is 1. The van der Waals surface area contributed by atoms with Crippen LogP contribution >= 0.6 is 0 Å². The highest BCUT2D eigenvalue weighted by atomic mass is 19.1. The van der Waals surface area contributed by atoms with E-state index in [0.717, 1.165) is 13.1 Å². The molecule has 1 saturated heterocycles. The van der Waals surface area contributed by atoms with Crippen molar-refractivity contribution in [2.45, 2.75) is 32.5 Å². The van der Waals surface area contributed by atoms with E-state index in [4.69, 9.17) is 0 Å². The quantitative estimate of drug-likeness (QED) is 0.894. The Morgan fingerprint density at radius 3 is 2.68 bits per heavy atom. The van der Waals surface area contributed by atoms with Gasteiger partial charge >= 0.3 is 5.97 Å². The third-order valence-electron chi connectivity index (χ3n) is 4.40. The molecule has 5 nitrogen and oxygen atoms in total. The van der Waals surface area contributed by atoms with Crippen LogP contribution in [0, 0.1) is 5.82 Å². The number of carboxylic acids is 1. The fraction of sp³-hybridized carbons (Fsp3) is 0.368. The van der Waals surface area contributed by atoms with Crippen molar-refractivity contribution in [2.24, 2.45) is 0 Å². The molecule has 2 atom stereocenters. The molecule has 3 rings (SSSR count). The van der Waals surface area contributed by atoms with Crippen molar-refractivity contribution in [1.29, 1.82) is 0 Å². The van der Waals surface area contributed by atoms with E-state index in [9.17, 15) is 14.3 Å². The van der Waals surface area contributed by atoms with E-state index in [-0.39, 0.29) is 11.5 Å². The minimum atomic E-state index is -1.12. The third kappa shape index (κ3) is 4.03. The lowest BCUT2D eigenvalue weighted by Gasteiger charge is -2.36. The Labute approximate surface area is 146 Å². The van der Waals surface area contributed by atoms with Crippen molar-refractivity contribution in [3.05, 3.63) is 53.6 Å². The van der Waals surface area contributed by atoms with Gasteiger partial charge in [-0.3, -0.25) is 4.90 Å². The second-order valence-corrected chi connectivity index (χ2v) is 6.67. The Bertz CT molecular complexity index is 771. The number of nitrogens with zero attached hydrogens (tertiary/aromatic N) is 2. The summed E-state index contributed by atoms with van der Waals surface area (Å²) < 4.78 is 14.6. The lowest BCUT2D eigenvalue weighted by atomic mass is 10.0. The summed E-state index contributed by atoms with van der Waals surface area (Å²) in [6.07, 6.45) is 1.42. The molecule has 25 heavy (non-hydrogen) atoms. The molecule has 2 N–H and O–H groups in total. The van der Waals surface area contributed by atoms with Gasteiger partial charge in [-0.05, 0) is 31.5 Å². The zero-order chi connectivity index (χ0) is 18.0. The number of pyridine rings is 1. The van der Waals surface area contributed by atoms with Gasteiger partial charge in [-0.1, -0.05) is 18.2 Å². The summed E-state index contributed by atoms with van der Waals surface area (Å²) in [7, 11) is 0. The lowest BCUT2D eigenvalue weighted by Crippen LogP contribution is -2.53. The highest BCUT2D eigenvalue weighted by Crippen LogP contribution is 2.25. The average molecular weight is 343 g/mol. The van der Waals surface area contributed by atoms with Crippen molar-refractivity contribution in [1.82, 2.24) is 15.2 Å². The van der Waals surface area contributed by atoms with Crippen LogP contribution in [0.5, 0.6) is 0 Å². The van der Waals surface area contributed by atoms with Crippen LogP contribution < -0.4 is 5.32 Å². The van der Waals surface area contributed by atoms with Crippen molar-refractivity contribution < 1.29 is 14.3 Å². The van der Waals surface area contributed by atoms with Crippen LogP contribution in [-0.2, 0) is 6.54 Å². The predicted molar refractivity (Wildman–Crippen MR) is 93.9 cm³/mol. The number of piperazine rings is 1. The normalized spacial score (nSPS) is 21.2. The maximum Gasteiger partial charge on any atom is 0.355 e. The smallest absolute Gasteiger partial charge is 0.355 e. The average Bonchev–Trinajstić information content (AvgIpc) is 2.56. The summed E-state index contributed by atoms with van der Waals surface area (Å²) >= 11 is 0. The first kappa shape index (κ1) is 17.5. The highest BCUT2D eigenvalue weighted by molar-refractivity contribution is 5.93. The van der Waals surface area contributed by atoms with Gasteiger partial charge in [0.1, 0.15) is 5.82 Å². The Morgan fingerprint density at radius 2 is 2.04 bits per heavy atom. The fourth-order valence-corrected chi connectivity index (χ4v) is 3.46. The van der Waals surface area contributed by atoms with Crippen molar-refractivity contribution in [2.75, 3.05) is 13.1 Å². The summed E-state index contributed by atoms with van der Waals surface area (Å²) in [5, 5.41) is 12.7. The van der Waals surface area contributed by atoms with Crippen LogP contribution in [-0.4, -0.2) is 46.1 Å². The molecule has 2 heterocycles. The third-order valence-corrected chi connectivity index (χ3v) is 4.40. The Morgan fingerprint density at radius 1 is 1.32 bits per heavy atom. The number of rotatable bonds is 4. The van der Waals surface area contributed by atoms with E-state index in [1.807, 2.05) is 0 Å². The van der Waals surface area contributed by atoms with E-state index < -0.39 is 5.97 Å². The van der Waals surface area contributed by atoms with Crippen molar-refractivity contribution >= 4 is 5.97 Å². The van der Waals surface area contributed by atoms with E-state index in [1.54, 1.807) is 24.3 Å². The van der Waals surface area contributed by atoms with E-state index >= 15 is 0 Å². The monoisotopic (exact) mass is 343 g/mol. The molecule has 0 unspecified atom stereocenters. The topological polar surface area (TPSA) is 65.5 Å². The second-order valence-electron chi connectivity index (χ2n) is 6.67. The summed E-state index contributed by atoms with van der Waals surface area (Å²) in [5.41, 5.74) is 1.49. The molecule has 0 bridgehead atoms. The maximum absolute atomic E-state index is 14.6. The number of hydrogen-bond acceptors (Lipinski definition) is 4. The van der Waals surface area contributed by atoms with E-state index in [1.165, 1.54) is 12.3 Å². The summed E-state index contributed by atoms with van der Waals surface area (Å²) in [5.74, 6) is -1.44. The Kier molecular flexibility index (Phi) is 5.11. The standard InChI is InChI=1S/C19H22FN3O2/c1-12-9-23(10-13(2)22-12)11-15-6-5-14(8-17(15)20)16-4-3-7-21-18(16)19(24)25/h3-8,12-13,22H,9-11H2,1-2H3,(H,24,25)/t12-,13+. The van der Waals surface area contributed by atoms with Crippen LogP contribution in [0.1, 0.15) is 29.9 Å². The number of hydrogen-bond donors (Lipinski definition) is 2. The van der Waals surface area contributed by atoms with E-state index in [2.05, 4.69) is 29.0 Å². The molecular formula is C19H22FN3O2. The molecule has 1 aliphatic rings. The summed E-state index contributed by atoms with van der Waals surface area (Å²) in [6, 6.07) is 8.94. The number of benzene rings is 1. The number of aromatic carboxylic acids is 1. The van der Waals surface area contributed by atoms with Gasteiger partial charge in [0.25, 0.3) is 0 Å². The van der Waals surface area contributed by atoms with Crippen molar-refractivity contribution in [3.8, 4) is 11.1 Å². The molecule has 0 saturated carbocycles. The van der Waals surface area contributed by atoms with Gasteiger partial charge < -0.3 is 10.4 Å². The first-order chi connectivity index (χ1) is 11.9. The molecule has 0 radical (unpaired) electrons. The van der Waals surface area contributed by atoms with Crippen LogP contribution in [0.15, 0.2) is 36.5 Å².